The lowest BCUT2D eigenvalue weighted by Crippen LogP contribution is -2.18. The Morgan fingerprint density at radius 3 is 2.33 bits per heavy atom. The Labute approximate surface area is 144 Å². The van der Waals surface area contributed by atoms with Crippen molar-refractivity contribution in [1.29, 1.82) is 0 Å². The number of allylic oxidation sites excluding steroid dienone is 2. The number of hydrogen-bond donors (Lipinski definition) is 0. The van der Waals surface area contributed by atoms with Crippen LogP contribution in [-0.4, -0.2) is 19.6 Å². The minimum atomic E-state index is -0.120. The van der Waals surface area contributed by atoms with E-state index in [1.807, 2.05) is 4.68 Å². The van der Waals surface area contributed by atoms with Crippen LogP contribution in [0.15, 0.2) is 90.0 Å². The number of nitrogens with zero attached hydrogens (tertiary/aromatic N) is 4. The van der Waals surface area contributed by atoms with Crippen molar-refractivity contribution in [2.45, 2.75) is 18.4 Å². The third-order valence-electron chi connectivity index (χ3n) is 3.87. The van der Waals surface area contributed by atoms with Crippen molar-refractivity contribution >= 4 is 21.2 Å². The molecule has 2 heterocycles. The van der Waals surface area contributed by atoms with Gasteiger partial charge in [0.15, 0.2) is 0 Å². The predicted molar refractivity (Wildman–Crippen MR) is 100 cm³/mol. The van der Waals surface area contributed by atoms with Gasteiger partial charge >= 0.3 is 0 Å². The number of para-hydroxylation sites is 1. The summed E-state index contributed by atoms with van der Waals surface area (Å²) < 4.78 is 4.29. The van der Waals surface area contributed by atoms with E-state index in [-0.39, 0.29) is 10.7 Å². The van der Waals surface area contributed by atoms with Gasteiger partial charge in [-0.15, -0.1) is 0 Å². The van der Waals surface area contributed by atoms with Crippen molar-refractivity contribution < 1.29 is 0 Å². The highest BCUT2D eigenvalue weighted by atomic mass is 32.2. The molecule has 3 aromatic rings. The minimum Gasteiger partial charge on any atom is -0.288 e. The average molecular weight is 334 g/mol. The molecule has 0 radical (unpaired) electrons. The van der Waals surface area contributed by atoms with E-state index in [1.54, 1.807) is 12.7 Å². The molecule has 1 aliphatic heterocycles. The highest BCUT2D eigenvalue weighted by molar-refractivity contribution is 8.17. The molecule has 0 aliphatic carbocycles. The monoisotopic (exact) mass is 334 g/mol. The first-order valence-electron chi connectivity index (χ1n) is 7.84. The molecule has 0 amide bonds. The van der Waals surface area contributed by atoms with E-state index < -0.39 is 0 Å². The summed E-state index contributed by atoms with van der Waals surface area (Å²) in [4.78, 5) is 6.74. The molecule has 4 rings (SSSR count). The van der Waals surface area contributed by atoms with E-state index in [1.165, 1.54) is 21.1 Å². The first-order chi connectivity index (χ1) is 11.8. The first-order valence-corrected chi connectivity index (χ1v) is 9.02. The van der Waals surface area contributed by atoms with Crippen molar-refractivity contribution in [3.05, 3.63) is 85.1 Å². The fourth-order valence-electron chi connectivity index (χ4n) is 2.88. The van der Waals surface area contributed by atoms with Gasteiger partial charge in [0.05, 0.1) is 17.9 Å². The van der Waals surface area contributed by atoms with Gasteiger partial charge in [0.25, 0.3) is 0 Å². The maximum atomic E-state index is 4.26. The predicted octanol–water partition coefficient (Wildman–Crippen LogP) is 4.12. The average Bonchev–Trinajstić information content (AvgIpc) is 3.24. The van der Waals surface area contributed by atoms with Gasteiger partial charge in [-0.1, -0.05) is 47.1 Å². The van der Waals surface area contributed by atoms with Crippen molar-refractivity contribution in [3.63, 3.8) is 0 Å². The summed E-state index contributed by atoms with van der Waals surface area (Å²) in [5, 5.41) is 4.26. The molecule has 0 saturated carbocycles. The highest BCUT2D eigenvalue weighted by Gasteiger charge is 2.24. The van der Waals surface area contributed by atoms with Gasteiger partial charge in [0.1, 0.15) is 12.7 Å². The Balaban J connectivity index is 1.78. The molecule has 5 heteroatoms. The molecule has 0 saturated heterocycles. The quantitative estimate of drug-likeness (QED) is 0.673. The molecular formula is C19H18N4S. The summed E-state index contributed by atoms with van der Waals surface area (Å²) in [5.41, 5.74) is 2.43. The van der Waals surface area contributed by atoms with E-state index in [0.29, 0.717) is 6.54 Å². The lowest BCUT2D eigenvalue weighted by molar-refractivity contribution is 0.672. The molecule has 0 spiro atoms. The third-order valence-corrected chi connectivity index (χ3v) is 6.12. The highest BCUT2D eigenvalue weighted by Crippen LogP contribution is 2.43. The van der Waals surface area contributed by atoms with Crippen molar-refractivity contribution in [2.75, 3.05) is 4.31 Å². The van der Waals surface area contributed by atoms with Crippen molar-refractivity contribution in [3.8, 4) is 0 Å². The minimum absolute atomic E-state index is 0.120. The van der Waals surface area contributed by atoms with Gasteiger partial charge in [-0.25, -0.2) is 9.67 Å². The van der Waals surface area contributed by atoms with E-state index in [9.17, 15) is 0 Å². The maximum absolute atomic E-state index is 4.26. The number of rotatable bonds is 4. The summed E-state index contributed by atoms with van der Waals surface area (Å²) in [6.45, 7) is 2.92. The van der Waals surface area contributed by atoms with Crippen LogP contribution in [0.3, 0.4) is 0 Å². The van der Waals surface area contributed by atoms with Crippen LogP contribution >= 0.6 is 10.7 Å². The van der Waals surface area contributed by atoms with Crippen LogP contribution < -0.4 is 4.31 Å². The Bertz CT molecular complexity index is 884. The van der Waals surface area contributed by atoms with Crippen molar-refractivity contribution in [1.82, 2.24) is 14.8 Å². The molecule has 1 aliphatic rings. The van der Waals surface area contributed by atoms with Gasteiger partial charge in [0.2, 0.25) is 0 Å². The molecule has 0 fully saturated rings. The molecule has 2 aromatic carbocycles. The van der Waals surface area contributed by atoms with E-state index >= 15 is 0 Å². The summed E-state index contributed by atoms with van der Waals surface area (Å²) in [5.74, 6) is 0. The molecule has 24 heavy (non-hydrogen) atoms. The second-order valence-electron chi connectivity index (χ2n) is 5.57. The Morgan fingerprint density at radius 1 is 0.958 bits per heavy atom. The lowest BCUT2D eigenvalue weighted by atomic mass is 10.3. The van der Waals surface area contributed by atoms with Gasteiger partial charge in [0, 0.05) is 4.90 Å². The SMILES string of the molecule is CC1=S(c2ccccc2)N(c2ccccc2)C(Cn2cncn2)=C1. The molecule has 120 valence electrons. The van der Waals surface area contributed by atoms with Gasteiger partial charge in [-0.3, -0.25) is 4.31 Å². The number of anilines is 1. The molecule has 0 N–H and O–H groups in total. The molecule has 1 aromatic heterocycles. The largest absolute Gasteiger partial charge is 0.288 e. The number of hydrogen-bond acceptors (Lipinski definition) is 3. The third kappa shape index (κ3) is 2.78. The van der Waals surface area contributed by atoms with Crippen LogP contribution in [0.4, 0.5) is 5.69 Å². The topological polar surface area (TPSA) is 34.0 Å². The van der Waals surface area contributed by atoms with Crippen LogP contribution in [-0.2, 0) is 6.54 Å². The summed E-state index contributed by atoms with van der Waals surface area (Å²) in [7, 11) is -0.120. The second-order valence-corrected chi connectivity index (χ2v) is 7.62. The maximum Gasteiger partial charge on any atom is 0.137 e. The molecular weight excluding hydrogens is 316 g/mol. The van der Waals surface area contributed by atoms with Gasteiger partial charge in [-0.2, -0.15) is 5.10 Å². The zero-order valence-corrected chi connectivity index (χ0v) is 14.2. The van der Waals surface area contributed by atoms with E-state index in [2.05, 4.69) is 88.1 Å². The van der Waals surface area contributed by atoms with Gasteiger partial charge < -0.3 is 0 Å². The Kier molecular flexibility index (Phi) is 4.01. The zero-order chi connectivity index (χ0) is 16.4. The van der Waals surface area contributed by atoms with Gasteiger partial charge in [-0.05, 0) is 42.1 Å². The molecule has 1 atom stereocenters. The summed E-state index contributed by atoms with van der Waals surface area (Å²) in [6.07, 6.45) is 5.62. The summed E-state index contributed by atoms with van der Waals surface area (Å²) in [6, 6.07) is 21.2. The first kappa shape index (κ1) is 14.9. The van der Waals surface area contributed by atoms with Crippen LogP contribution in [0.1, 0.15) is 6.92 Å². The molecule has 1 unspecified atom stereocenters. The fraction of sp³-hybridized carbons (Fsp3) is 0.105. The van der Waals surface area contributed by atoms with E-state index in [0.717, 1.165) is 0 Å². The smallest absolute Gasteiger partial charge is 0.137 e. The Hall–Kier alpha value is -2.66. The normalized spacial score (nSPS) is 17.2. The number of aromatic nitrogens is 3. The fourth-order valence-corrected chi connectivity index (χ4v) is 5.09. The van der Waals surface area contributed by atoms with Crippen LogP contribution in [0, 0.1) is 0 Å². The second kappa shape index (κ2) is 6.45. The Morgan fingerprint density at radius 2 is 1.67 bits per heavy atom. The molecule has 0 bridgehead atoms. The summed E-state index contributed by atoms with van der Waals surface area (Å²) >= 11 is 0. The standard InChI is InChI=1S/C19H18N4S/c1-16-12-18(13-22-15-20-14-21-22)23(17-8-4-2-5-9-17)24(16)19-10-6-3-7-11-19/h2-12,14-15H,13H2,1H3. The zero-order valence-electron chi connectivity index (χ0n) is 13.4. The van der Waals surface area contributed by atoms with Crippen LogP contribution in [0.2, 0.25) is 0 Å². The number of benzene rings is 2. The lowest BCUT2D eigenvalue weighted by Gasteiger charge is -2.27. The molecule has 4 nitrogen and oxygen atoms in total. The van der Waals surface area contributed by atoms with E-state index in [4.69, 9.17) is 0 Å². The van der Waals surface area contributed by atoms with Crippen LogP contribution in [0.25, 0.3) is 0 Å². The van der Waals surface area contributed by atoms with Crippen molar-refractivity contribution in [2.24, 2.45) is 0 Å². The van der Waals surface area contributed by atoms with Crippen LogP contribution in [0.5, 0.6) is 0 Å².